The Hall–Kier alpha value is -1.62. The Kier molecular flexibility index (Phi) is 4.90. The number of nitrogens with two attached hydrogens (primary N) is 1. The van der Waals surface area contributed by atoms with Crippen molar-refractivity contribution >= 4 is 5.97 Å². The summed E-state index contributed by atoms with van der Waals surface area (Å²) in [5.41, 5.74) is 6.07. The molecule has 0 aliphatic heterocycles. The molecule has 1 rings (SSSR count). The Morgan fingerprint density at radius 2 is 2.24 bits per heavy atom. The SMILES string of the molecule is COC(=O)C(C)Oc1c(F)cccc1CCN. The van der Waals surface area contributed by atoms with Gasteiger partial charge in [-0.25, -0.2) is 9.18 Å². The van der Waals surface area contributed by atoms with E-state index in [0.717, 1.165) is 0 Å². The highest BCUT2D eigenvalue weighted by Crippen LogP contribution is 2.24. The molecule has 1 unspecified atom stereocenters. The fourth-order valence-electron chi connectivity index (χ4n) is 1.43. The van der Waals surface area contributed by atoms with Crippen LogP contribution in [0.15, 0.2) is 18.2 Å². The van der Waals surface area contributed by atoms with Crippen LogP contribution in [0.1, 0.15) is 12.5 Å². The summed E-state index contributed by atoms with van der Waals surface area (Å²) in [6.45, 7) is 1.89. The van der Waals surface area contributed by atoms with Crippen LogP contribution in [0.2, 0.25) is 0 Å². The van der Waals surface area contributed by atoms with E-state index in [1.165, 1.54) is 20.1 Å². The van der Waals surface area contributed by atoms with E-state index in [2.05, 4.69) is 4.74 Å². The third kappa shape index (κ3) is 3.42. The number of para-hydroxylation sites is 1. The van der Waals surface area contributed by atoms with Gasteiger partial charge in [-0.1, -0.05) is 12.1 Å². The monoisotopic (exact) mass is 241 g/mol. The number of methoxy groups -OCH3 is 1. The van der Waals surface area contributed by atoms with Crippen LogP contribution in [-0.4, -0.2) is 25.7 Å². The minimum Gasteiger partial charge on any atom is -0.476 e. The lowest BCUT2D eigenvalue weighted by Gasteiger charge is -2.16. The van der Waals surface area contributed by atoms with E-state index in [9.17, 15) is 9.18 Å². The van der Waals surface area contributed by atoms with Gasteiger partial charge >= 0.3 is 5.97 Å². The molecule has 0 aliphatic carbocycles. The average molecular weight is 241 g/mol. The maximum absolute atomic E-state index is 13.6. The molecular weight excluding hydrogens is 225 g/mol. The van der Waals surface area contributed by atoms with Gasteiger partial charge in [0.2, 0.25) is 0 Å². The summed E-state index contributed by atoms with van der Waals surface area (Å²) in [5.74, 6) is -0.991. The van der Waals surface area contributed by atoms with Crippen LogP contribution in [0.5, 0.6) is 5.75 Å². The lowest BCUT2D eigenvalue weighted by Crippen LogP contribution is -2.26. The minimum absolute atomic E-state index is 0.0656. The number of carbonyl (C=O) groups excluding carboxylic acids is 1. The molecule has 0 aliphatic rings. The van der Waals surface area contributed by atoms with Crippen molar-refractivity contribution in [2.75, 3.05) is 13.7 Å². The highest BCUT2D eigenvalue weighted by atomic mass is 19.1. The van der Waals surface area contributed by atoms with Crippen LogP contribution < -0.4 is 10.5 Å². The number of hydrogen-bond acceptors (Lipinski definition) is 4. The highest BCUT2D eigenvalue weighted by molar-refractivity contribution is 5.74. The largest absolute Gasteiger partial charge is 0.476 e. The van der Waals surface area contributed by atoms with Crippen LogP contribution in [-0.2, 0) is 16.0 Å². The Morgan fingerprint density at radius 3 is 2.82 bits per heavy atom. The first kappa shape index (κ1) is 13.4. The molecule has 5 heteroatoms. The Balaban J connectivity index is 2.92. The first-order chi connectivity index (χ1) is 8.10. The van der Waals surface area contributed by atoms with Crippen LogP contribution in [0.25, 0.3) is 0 Å². The lowest BCUT2D eigenvalue weighted by atomic mass is 10.1. The summed E-state index contributed by atoms with van der Waals surface area (Å²) in [5, 5.41) is 0. The molecular formula is C12H16FNO3. The van der Waals surface area contributed by atoms with E-state index in [1.54, 1.807) is 12.1 Å². The van der Waals surface area contributed by atoms with Crippen molar-refractivity contribution in [3.05, 3.63) is 29.6 Å². The standard InChI is InChI=1S/C12H16FNO3/c1-8(12(15)16-2)17-11-9(6-7-14)4-3-5-10(11)13/h3-5,8H,6-7,14H2,1-2H3. The zero-order chi connectivity index (χ0) is 12.8. The smallest absolute Gasteiger partial charge is 0.346 e. The van der Waals surface area contributed by atoms with Crippen molar-refractivity contribution in [2.24, 2.45) is 5.73 Å². The zero-order valence-corrected chi connectivity index (χ0v) is 9.90. The second kappa shape index (κ2) is 6.20. The Labute approximate surface area is 99.5 Å². The molecule has 0 bridgehead atoms. The van der Waals surface area contributed by atoms with Gasteiger partial charge in [-0.15, -0.1) is 0 Å². The second-order valence-corrected chi connectivity index (χ2v) is 3.55. The minimum atomic E-state index is -0.853. The normalized spacial score (nSPS) is 12.0. The van der Waals surface area contributed by atoms with Gasteiger partial charge in [0, 0.05) is 0 Å². The predicted molar refractivity (Wildman–Crippen MR) is 61.3 cm³/mol. The number of carbonyl (C=O) groups is 1. The molecule has 0 fully saturated rings. The summed E-state index contributed by atoms with van der Waals surface area (Å²) in [7, 11) is 1.25. The fourth-order valence-corrected chi connectivity index (χ4v) is 1.43. The molecule has 0 heterocycles. The van der Waals surface area contributed by atoms with Crippen molar-refractivity contribution < 1.29 is 18.7 Å². The number of rotatable bonds is 5. The van der Waals surface area contributed by atoms with E-state index >= 15 is 0 Å². The van der Waals surface area contributed by atoms with E-state index in [1.807, 2.05) is 0 Å². The molecule has 4 nitrogen and oxygen atoms in total. The maximum atomic E-state index is 13.6. The molecule has 1 atom stereocenters. The van der Waals surface area contributed by atoms with Gasteiger partial charge in [-0.05, 0) is 31.5 Å². The number of halogens is 1. The topological polar surface area (TPSA) is 61.5 Å². The predicted octanol–water partition coefficient (Wildman–Crippen LogP) is 1.27. The van der Waals surface area contributed by atoms with Crippen molar-refractivity contribution in [2.45, 2.75) is 19.4 Å². The van der Waals surface area contributed by atoms with E-state index in [4.69, 9.17) is 10.5 Å². The van der Waals surface area contributed by atoms with Crippen molar-refractivity contribution in [3.63, 3.8) is 0 Å². The van der Waals surface area contributed by atoms with Crippen LogP contribution >= 0.6 is 0 Å². The summed E-state index contributed by atoms with van der Waals surface area (Å²) in [4.78, 5) is 11.2. The average Bonchev–Trinajstić information content (AvgIpc) is 2.32. The van der Waals surface area contributed by atoms with Crippen molar-refractivity contribution in [1.82, 2.24) is 0 Å². The third-order valence-corrected chi connectivity index (χ3v) is 2.29. The van der Waals surface area contributed by atoms with Gasteiger partial charge in [0.1, 0.15) is 0 Å². The van der Waals surface area contributed by atoms with E-state index < -0.39 is 17.9 Å². The summed E-state index contributed by atoms with van der Waals surface area (Å²) >= 11 is 0. The van der Waals surface area contributed by atoms with Gasteiger partial charge in [-0.3, -0.25) is 0 Å². The van der Waals surface area contributed by atoms with Crippen LogP contribution in [0, 0.1) is 5.82 Å². The van der Waals surface area contributed by atoms with Gasteiger partial charge in [0.15, 0.2) is 17.7 Å². The molecule has 0 saturated carbocycles. The number of benzene rings is 1. The third-order valence-electron chi connectivity index (χ3n) is 2.29. The fraction of sp³-hybridized carbons (Fsp3) is 0.417. The lowest BCUT2D eigenvalue weighted by molar-refractivity contribution is -0.148. The Bertz CT molecular complexity index is 395. The Morgan fingerprint density at radius 1 is 1.53 bits per heavy atom. The molecule has 94 valence electrons. The molecule has 17 heavy (non-hydrogen) atoms. The number of ether oxygens (including phenoxy) is 2. The molecule has 0 aromatic heterocycles. The first-order valence-corrected chi connectivity index (χ1v) is 5.32. The molecule has 2 N–H and O–H groups in total. The van der Waals surface area contributed by atoms with Crippen LogP contribution in [0.3, 0.4) is 0 Å². The van der Waals surface area contributed by atoms with Gasteiger partial charge in [0.25, 0.3) is 0 Å². The van der Waals surface area contributed by atoms with Gasteiger partial charge in [0.05, 0.1) is 7.11 Å². The van der Waals surface area contributed by atoms with E-state index in [0.29, 0.717) is 18.5 Å². The van der Waals surface area contributed by atoms with E-state index in [-0.39, 0.29) is 5.75 Å². The molecule has 0 spiro atoms. The number of esters is 1. The van der Waals surface area contributed by atoms with Gasteiger partial charge in [-0.2, -0.15) is 0 Å². The zero-order valence-electron chi connectivity index (χ0n) is 9.90. The molecule has 0 radical (unpaired) electrons. The van der Waals surface area contributed by atoms with Crippen LogP contribution in [0.4, 0.5) is 4.39 Å². The summed E-state index contributed by atoms with van der Waals surface area (Å²) < 4.78 is 23.4. The highest BCUT2D eigenvalue weighted by Gasteiger charge is 2.18. The van der Waals surface area contributed by atoms with Crippen molar-refractivity contribution in [3.8, 4) is 5.75 Å². The number of hydrogen-bond donors (Lipinski definition) is 1. The molecule has 1 aromatic carbocycles. The van der Waals surface area contributed by atoms with Crippen molar-refractivity contribution in [1.29, 1.82) is 0 Å². The maximum Gasteiger partial charge on any atom is 0.346 e. The summed E-state index contributed by atoms with van der Waals surface area (Å²) in [6.07, 6.45) is -0.366. The summed E-state index contributed by atoms with van der Waals surface area (Å²) in [6, 6.07) is 4.57. The quantitative estimate of drug-likeness (QED) is 0.788. The molecule has 0 amide bonds. The second-order valence-electron chi connectivity index (χ2n) is 3.55. The molecule has 1 aromatic rings. The molecule has 0 saturated heterocycles. The first-order valence-electron chi connectivity index (χ1n) is 5.32. The van der Waals surface area contributed by atoms with Gasteiger partial charge < -0.3 is 15.2 Å².